The van der Waals surface area contributed by atoms with Crippen molar-refractivity contribution < 1.29 is 13.0 Å². The van der Waals surface area contributed by atoms with Crippen molar-refractivity contribution in [2.75, 3.05) is 0 Å². The molecule has 0 bridgehead atoms. The first-order valence-electron chi connectivity index (χ1n) is 1.35. The van der Waals surface area contributed by atoms with Crippen LogP contribution in [0, 0.1) is 5.53 Å². The quantitative estimate of drug-likeness (QED) is 0.154. The van der Waals surface area contributed by atoms with Gasteiger partial charge in [0.25, 0.3) is 0 Å². The maximum atomic E-state index is 9.25. The van der Waals surface area contributed by atoms with Gasteiger partial charge in [-0.1, -0.05) is 0 Å². The Morgan fingerprint density at radius 2 is 1.75 bits per heavy atom. The van der Waals surface area contributed by atoms with Crippen LogP contribution in [0.4, 0.5) is 0 Å². The van der Waals surface area contributed by atoms with Crippen LogP contribution in [-0.4, -0.2) is 22.4 Å². The van der Waals surface area contributed by atoms with Gasteiger partial charge in [-0.3, -0.25) is 4.55 Å². The van der Waals surface area contributed by atoms with Gasteiger partial charge in [0, 0.05) is 0 Å². The van der Waals surface area contributed by atoms with Gasteiger partial charge in [0.2, 0.25) is 9.57 Å². The summed E-state index contributed by atoms with van der Waals surface area (Å²) >= 11 is 0. The maximum absolute atomic E-state index is 9.25. The molecule has 0 rings (SSSR count). The lowest BCUT2D eigenvalue weighted by molar-refractivity contribution is 0.501. The van der Waals surface area contributed by atoms with Crippen LogP contribution in [0.2, 0.25) is 0 Å². The van der Waals surface area contributed by atoms with E-state index in [-0.39, 0.29) is 9.39 Å². The zero-order valence-corrected chi connectivity index (χ0v) is 6.88. The molecule has 6 nitrogen and oxygen atoms in total. The van der Waals surface area contributed by atoms with Crippen molar-refractivity contribution in [1.29, 1.82) is 5.53 Å². The Morgan fingerprint density at radius 3 is 1.75 bits per heavy atom. The fourth-order valence-electron chi connectivity index (χ4n) is 0. The first kappa shape index (κ1) is 10.4. The van der Waals surface area contributed by atoms with Crippen molar-refractivity contribution in [1.82, 2.24) is 0 Å². The molecule has 0 aliphatic rings. The second-order valence-electron chi connectivity index (χ2n) is 0.833. The normalized spacial score (nSPS) is 8.62. The van der Waals surface area contributed by atoms with Crippen molar-refractivity contribution in [3.63, 3.8) is 0 Å². The minimum absolute atomic E-state index is 0.164. The molecular weight excluding hydrogens is 150 g/mol. The van der Waals surface area contributed by atoms with Crippen LogP contribution >= 0.6 is 0 Å². The van der Waals surface area contributed by atoms with Crippen LogP contribution in [0.25, 0.3) is 10.4 Å². The summed E-state index contributed by atoms with van der Waals surface area (Å²) in [6, 6.07) is 0. The van der Waals surface area contributed by atoms with Gasteiger partial charge >= 0.3 is 0 Å². The Balaban J connectivity index is 0. The molecule has 0 aromatic carbocycles. The average Bonchev–Trinajstić information content (AvgIpc) is 1.27. The van der Waals surface area contributed by atoms with Crippen molar-refractivity contribution in [3.8, 4) is 0 Å². The van der Waals surface area contributed by atoms with E-state index in [4.69, 9.17) is 15.6 Å². The van der Waals surface area contributed by atoms with Crippen molar-refractivity contribution >= 4 is 19.0 Å². The van der Waals surface area contributed by atoms with E-state index >= 15 is 0 Å². The Kier molecular flexibility index (Phi) is 5.98. The van der Waals surface area contributed by atoms with Crippen molar-refractivity contribution in [2.24, 2.45) is 0 Å². The summed E-state index contributed by atoms with van der Waals surface area (Å²) in [5.41, 5.74) is 12.2. The minimum Gasteiger partial charge on any atom is -0.292 e. The zero-order valence-electron chi connectivity index (χ0n) is 4.07. The Labute approximate surface area is 48.7 Å². The number of rotatable bonds is 0. The van der Waals surface area contributed by atoms with E-state index < -0.39 is 9.57 Å². The van der Waals surface area contributed by atoms with E-state index in [1.54, 1.807) is 4.91 Å². The van der Waals surface area contributed by atoms with Crippen LogP contribution in [-0.2, 0) is 9.57 Å². The van der Waals surface area contributed by atoms with Crippen molar-refractivity contribution in [3.05, 3.63) is 10.4 Å². The number of nitrogens with zero attached hydrogens (tertiary/aromatic N) is 2. The van der Waals surface area contributed by atoms with Crippen molar-refractivity contribution in [2.45, 2.75) is 0 Å². The van der Waals surface area contributed by atoms with Crippen LogP contribution in [0.1, 0.15) is 0 Å². The third-order valence-electron chi connectivity index (χ3n) is 0. The van der Waals surface area contributed by atoms with Gasteiger partial charge in [-0.2, -0.15) is 0 Å². The van der Waals surface area contributed by atoms with E-state index in [0.29, 0.717) is 0 Å². The highest BCUT2D eigenvalue weighted by molar-refractivity contribution is 8.07. The molecule has 0 aliphatic heterocycles. The average molecular weight is 155 g/mol. The number of hydrogen-bond donors (Lipinski definition) is 2. The second kappa shape index (κ2) is 4.59. The van der Waals surface area contributed by atoms with Gasteiger partial charge in [0.15, 0.2) is 9.39 Å². The molecule has 0 unspecified atom stereocenters. The summed E-state index contributed by atoms with van der Waals surface area (Å²) in [4.78, 5) is 1.75. The fourth-order valence-corrected chi connectivity index (χ4v) is 0. The van der Waals surface area contributed by atoms with Crippen LogP contribution in [0.15, 0.2) is 0 Å². The highest BCUT2D eigenvalue weighted by Gasteiger charge is 1.81. The third kappa shape index (κ3) is 338. The molecule has 0 atom stereocenters. The molecule has 0 aliphatic carbocycles. The highest BCUT2D eigenvalue weighted by atomic mass is 32.4. The fraction of sp³-hybridized carbons (Fsp3) is 0. The maximum Gasteiger partial charge on any atom is 0.217 e. The zero-order chi connectivity index (χ0) is 7.21. The summed E-state index contributed by atoms with van der Waals surface area (Å²) in [5, 5.41) is 0. The number of hydrogen-bond acceptors (Lipinski definition) is 3. The van der Waals surface area contributed by atoms with Gasteiger partial charge in [0.05, 0.1) is 0 Å². The van der Waals surface area contributed by atoms with Crippen LogP contribution in [0.3, 0.4) is 0 Å². The smallest absolute Gasteiger partial charge is 0.217 e. The van der Waals surface area contributed by atoms with Gasteiger partial charge in [-0.05, 0) is 10.4 Å². The predicted octanol–water partition coefficient (Wildman–Crippen LogP) is -0.970. The molecule has 0 amide bonds. The number of nitrogens with one attached hydrogen (secondary N) is 1. The summed E-state index contributed by atoms with van der Waals surface area (Å²) in [5.74, 6) is 0. The highest BCUT2D eigenvalue weighted by Crippen LogP contribution is 1.57. The lowest BCUT2D eigenvalue weighted by Crippen LogP contribution is -1.91. The van der Waals surface area contributed by atoms with E-state index in [1.165, 1.54) is 0 Å². The molecular formula is H5N3O3SSi. The molecule has 8 heteroatoms. The minimum atomic E-state index is -3.53. The summed E-state index contributed by atoms with van der Waals surface area (Å²) in [7, 11) is -3.69. The molecule has 0 radical (unpaired) electrons. The molecule has 0 heterocycles. The molecule has 0 saturated heterocycles. The SMILES string of the molecule is O=S(=O)(O)[SiH3].[N-]=[N+]=N. The molecule has 48 valence electrons. The standard InChI is InChI=1S/HN3.H4O3SSi/c1-3-2;1-4(2,3)5/h1H;5H3,(H,1,2,3). The molecule has 0 aromatic rings. The van der Waals surface area contributed by atoms with E-state index in [9.17, 15) is 8.42 Å². The molecule has 0 fully saturated rings. The van der Waals surface area contributed by atoms with Gasteiger partial charge < -0.3 is 0 Å². The molecule has 2 N–H and O–H groups in total. The van der Waals surface area contributed by atoms with Gasteiger partial charge in [0.1, 0.15) is 0 Å². The lowest BCUT2D eigenvalue weighted by atomic mass is 13.0. The Bertz CT molecular complexity index is 155. The molecule has 0 aromatic heterocycles. The lowest BCUT2D eigenvalue weighted by Gasteiger charge is -1.70. The third-order valence-corrected chi connectivity index (χ3v) is 0. The predicted molar refractivity (Wildman–Crippen MR) is 30.9 cm³/mol. The van der Waals surface area contributed by atoms with Gasteiger partial charge in [-0.25, -0.2) is 8.42 Å². The first-order chi connectivity index (χ1) is 3.41. The summed E-state index contributed by atoms with van der Waals surface area (Å²) in [6.07, 6.45) is 0. The molecule has 0 spiro atoms. The van der Waals surface area contributed by atoms with E-state index in [0.717, 1.165) is 0 Å². The van der Waals surface area contributed by atoms with E-state index in [2.05, 4.69) is 0 Å². The topological polar surface area (TPSA) is 115 Å². The Morgan fingerprint density at radius 1 is 1.75 bits per heavy atom. The summed E-state index contributed by atoms with van der Waals surface area (Å²) < 4.78 is 26.1. The monoisotopic (exact) mass is 155 g/mol. The Hall–Kier alpha value is -0.563. The van der Waals surface area contributed by atoms with Crippen LogP contribution in [0.5, 0.6) is 0 Å². The second-order valence-corrected chi connectivity index (χ2v) is 5.39. The molecule has 0 saturated carbocycles. The largest absolute Gasteiger partial charge is 0.292 e. The summed E-state index contributed by atoms with van der Waals surface area (Å²) in [6.45, 7) is 0. The van der Waals surface area contributed by atoms with Crippen LogP contribution < -0.4 is 0 Å². The van der Waals surface area contributed by atoms with Gasteiger partial charge in [-0.15, -0.1) is 5.53 Å². The van der Waals surface area contributed by atoms with E-state index in [1.807, 2.05) is 0 Å². The molecule has 8 heavy (non-hydrogen) atoms. The first-order valence-corrected chi connectivity index (χ1v) is 5.65.